The van der Waals surface area contributed by atoms with Crippen LogP contribution in [-0.4, -0.2) is 57.7 Å². The van der Waals surface area contributed by atoms with Crippen molar-refractivity contribution >= 4 is 29.2 Å². The number of hydrogen-bond acceptors (Lipinski definition) is 7. The van der Waals surface area contributed by atoms with E-state index in [0.717, 1.165) is 3.94 Å². The molecule has 0 saturated carbocycles. The van der Waals surface area contributed by atoms with E-state index in [1.54, 1.807) is 18.2 Å². The van der Waals surface area contributed by atoms with Gasteiger partial charge >= 0.3 is 0 Å². The monoisotopic (exact) mass is 339 g/mol. The van der Waals surface area contributed by atoms with Crippen LogP contribution in [-0.2, 0) is 4.74 Å². The zero-order valence-corrected chi connectivity index (χ0v) is 12.2. The topological polar surface area (TPSA) is 103 Å². The summed E-state index contributed by atoms with van der Waals surface area (Å²) < 4.78 is 11.5. The van der Waals surface area contributed by atoms with E-state index in [4.69, 9.17) is 38.1 Å². The molecule has 0 radical (unpaired) electrons. The normalized spacial score (nSPS) is 32.8. The first-order chi connectivity index (χ1) is 9.95. The van der Waals surface area contributed by atoms with Crippen LogP contribution in [0.15, 0.2) is 24.3 Å². The Hall–Kier alpha value is -0.800. The number of aliphatic hydroxyl groups excluding tert-OH is 4. The Labute approximate surface area is 131 Å². The van der Waals surface area contributed by atoms with E-state index in [2.05, 4.69) is 0 Å². The maximum atomic E-state index is 9.89. The molecule has 1 fully saturated rings. The Morgan fingerprint density at radius 3 is 2.38 bits per heavy atom. The van der Waals surface area contributed by atoms with Gasteiger partial charge in [-0.15, -0.1) is 0 Å². The van der Waals surface area contributed by atoms with Crippen molar-refractivity contribution in [1.29, 1.82) is 0 Å². The van der Waals surface area contributed by atoms with Crippen LogP contribution >= 0.6 is 23.6 Å². The molecule has 9 heteroatoms. The smallest absolute Gasteiger partial charge is 0.229 e. The molecule has 0 aromatic heterocycles. The van der Waals surface area contributed by atoms with E-state index in [-0.39, 0.29) is 5.75 Å². The molecule has 2 rings (SSSR count). The number of nitrogens with zero attached hydrogens (tertiary/aromatic N) is 1. The molecular weight excluding hydrogens is 325 g/mol. The number of ether oxygens (including phenoxy) is 2. The molecule has 1 aliphatic rings. The zero-order chi connectivity index (χ0) is 15.6. The van der Waals surface area contributed by atoms with Crippen LogP contribution in [0.2, 0.25) is 0 Å². The van der Waals surface area contributed by atoms with Crippen LogP contribution in [0.25, 0.3) is 0 Å². The molecule has 118 valence electrons. The summed E-state index contributed by atoms with van der Waals surface area (Å²) in [7, 11) is 0. The lowest BCUT2D eigenvalue weighted by molar-refractivity contribution is -0.277. The fraction of sp³-hybridized carbons (Fsp3) is 0.500. The first-order valence-corrected chi connectivity index (χ1v) is 6.81. The highest BCUT2D eigenvalue weighted by atomic mass is 35.5. The summed E-state index contributed by atoms with van der Waals surface area (Å²) in [5, 5.41) is 38.4. The molecule has 0 amide bonds. The average molecular weight is 340 g/mol. The molecule has 1 saturated heterocycles. The predicted octanol–water partition coefficient (Wildman–Crippen LogP) is -0.0207. The van der Waals surface area contributed by atoms with Gasteiger partial charge < -0.3 is 29.9 Å². The van der Waals surface area contributed by atoms with Gasteiger partial charge in [-0.3, -0.25) is 0 Å². The van der Waals surface area contributed by atoms with Crippen molar-refractivity contribution in [3.8, 4) is 5.75 Å². The van der Waals surface area contributed by atoms with E-state index >= 15 is 0 Å². The van der Waals surface area contributed by atoms with Crippen molar-refractivity contribution in [2.75, 3.05) is 10.5 Å². The maximum Gasteiger partial charge on any atom is 0.229 e. The predicted molar refractivity (Wildman–Crippen MR) is 75.0 cm³/mol. The fourth-order valence-corrected chi connectivity index (χ4v) is 2.27. The Bertz CT molecular complexity index is 475. The van der Waals surface area contributed by atoms with Gasteiger partial charge in [0.1, 0.15) is 35.9 Å². The Morgan fingerprint density at radius 1 is 1.10 bits per heavy atom. The molecule has 0 spiro atoms. The number of anilines is 1. The first kappa shape index (κ1) is 16.6. The minimum atomic E-state index is -1.52. The van der Waals surface area contributed by atoms with Gasteiger partial charge in [0.25, 0.3) is 0 Å². The third-order valence-electron chi connectivity index (χ3n) is 3.14. The summed E-state index contributed by atoms with van der Waals surface area (Å²) >= 11 is 11.3. The van der Waals surface area contributed by atoms with Gasteiger partial charge in [-0.2, -0.15) is 3.94 Å². The summed E-state index contributed by atoms with van der Waals surface area (Å²) in [6.07, 6.45) is -6.82. The molecule has 0 unspecified atom stereocenters. The summed E-state index contributed by atoms with van der Waals surface area (Å²) in [6.45, 7) is -0.538. The number of halogens is 2. The Morgan fingerprint density at radius 2 is 1.76 bits per heavy atom. The maximum absolute atomic E-state index is 9.89. The van der Waals surface area contributed by atoms with Crippen molar-refractivity contribution < 1.29 is 29.9 Å². The lowest BCUT2D eigenvalue weighted by Crippen LogP contribution is -2.60. The van der Waals surface area contributed by atoms with Crippen molar-refractivity contribution in [2.45, 2.75) is 30.7 Å². The van der Waals surface area contributed by atoms with Crippen molar-refractivity contribution in [3.63, 3.8) is 0 Å². The lowest BCUT2D eigenvalue weighted by atomic mass is 9.99. The van der Waals surface area contributed by atoms with Gasteiger partial charge in [0.15, 0.2) is 0 Å². The van der Waals surface area contributed by atoms with Crippen molar-refractivity contribution in [1.82, 2.24) is 0 Å². The summed E-state index contributed by atoms with van der Waals surface area (Å²) in [5.41, 5.74) is 0.304. The van der Waals surface area contributed by atoms with Crippen molar-refractivity contribution in [2.24, 2.45) is 0 Å². The van der Waals surface area contributed by atoms with Crippen LogP contribution in [0.4, 0.5) is 5.69 Å². The summed E-state index contributed by atoms with van der Waals surface area (Å²) in [6, 6.07) is 6.43. The Balaban J connectivity index is 2.19. The first-order valence-electron chi connectivity index (χ1n) is 6.13. The fourth-order valence-electron chi connectivity index (χ4n) is 1.99. The molecule has 0 bridgehead atoms. The van der Waals surface area contributed by atoms with Crippen molar-refractivity contribution in [3.05, 3.63) is 24.3 Å². The number of aliphatic hydroxyl groups is 4. The number of benzene rings is 1. The third kappa shape index (κ3) is 3.51. The summed E-state index contributed by atoms with van der Waals surface area (Å²) in [4.78, 5) is 0. The van der Waals surface area contributed by atoms with Gasteiger partial charge in [0.05, 0.1) is 6.61 Å². The molecule has 7 nitrogen and oxygen atoms in total. The van der Waals surface area contributed by atoms with Crippen LogP contribution in [0.1, 0.15) is 0 Å². The van der Waals surface area contributed by atoms with Crippen LogP contribution < -0.4 is 8.67 Å². The van der Waals surface area contributed by atoms with E-state index in [1.807, 2.05) is 0 Å². The van der Waals surface area contributed by atoms with Gasteiger partial charge in [-0.05, 0) is 12.1 Å². The molecule has 1 aliphatic heterocycles. The van der Waals surface area contributed by atoms with Gasteiger partial charge in [0.2, 0.25) is 6.29 Å². The number of para-hydroxylation sites is 2. The van der Waals surface area contributed by atoms with E-state index in [0.29, 0.717) is 5.69 Å². The molecular formula is C12H15Cl2NO6. The minimum Gasteiger partial charge on any atom is -0.460 e. The van der Waals surface area contributed by atoms with E-state index < -0.39 is 37.3 Å². The third-order valence-corrected chi connectivity index (χ3v) is 3.50. The van der Waals surface area contributed by atoms with Crippen LogP contribution in [0.5, 0.6) is 5.75 Å². The second-order valence-electron chi connectivity index (χ2n) is 4.52. The number of hydrogen-bond donors (Lipinski definition) is 4. The molecule has 1 aromatic rings. The second kappa shape index (κ2) is 6.97. The standard InChI is InChI=1S/C12H15Cl2NO6/c13-15(14)6-3-1-2-4-7(6)20-12-11(19)10(18)9(17)8(5-16)21-12/h1-4,8-12,16-19H,5H2/t8-,9+,10+,11-,12-/m1/s1. The molecule has 5 atom stereocenters. The number of rotatable bonds is 4. The highest BCUT2D eigenvalue weighted by Gasteiger charge is 2.44. The van der Waals surface area contributed by atoms with Gasteiger partial charge in [0, 0.05) is 23.6 Å². The van der Waals surface area contributed by atoms with Gasteiger partial charge in [-0.25, -0.2) is 0 Å². The van der Waals surface area contributed by atoms with Gasteiger partial charge in [-0.1, -0.05) is 12.1 Å². The molecule has 4 N–H and O–H groups in total. The molecule has 0 aliphatic carbocycles. The van der Waals surface area contributed by atoms with E-state index in [9.17, 15) is 15.3 Å². The SMILES string of the molecule is OC[C@H]1O[C@@H](Oc2ccccc2N(Cl)Cl)[C@H](O)[C@@H](O)[C@H]1O. The largest absolute Gasteiger partial charge is 0.460 e. The minimum absolute atomic E-state index is 0.201. The van der Waals surface area contributed by atoms with Crippen LogP contribution in [0.3, 0.4) is 0 Å². The molecule has 21 heavy (non-hydrogen) atoms. The highest BCUT2D eigenvalue weighted by molar-refractivity contribution is 6.49. The zero-order valence-electron chi connectivity index (χ0n) is 10.7. The molecule has 1 heterocycles. The quantitative estimate of drug-likeness (QED) is 0.571. The highest BCUT2D eigenvalue weighted by Crippen LogP contribution is 2.33. The van der Waals surface area contributed by atoms with E-state index in [1.165, 1.54) is 6.07 Å². The Kier molecular flexibility index (Phi) is 5.50. The average Bonchev–Trinajstić information content (AvgIpc) is 2.48. The second-order valence-corrected chi connectivity index (χ2v) is 5.36. The molecule has 1 aromatic carbocycles. The lowest BCUT2D eigenvalue weighted by Gasteiger charge is -2.39. The summed E-state index contributed by atoms with van der Waals surface area (Å²) in [5.74, 6) is 0.201. The van der Waals surface area contributed by atoms with Crippen LogP contribution in [0, 0.1) is 0 Å².